The molecule has 0 spiro atoms. The molecule has 31 heavy (non-hydrogen) atoms. The summed E-state index contributed by atoms with van der Waals surface area (Å²) in [6.07, 6.45) is 6.91. The molecule has 1 aromatic rings. The predicted molar refractivity (Wildman–Crippen MR) is 130 cm³/mol. The van der Waals surface area contributed by atoms with Gasteiger partial charge in [-0.15, -0.1) is 0 Å². The Labute approximate surface area is 188 Å². The highest BCUT2D eigenvalue weighted by atomic mass is 16.2. The Morgan fingerprint density at radius 3 is 2.29 bits per heavy atom. The van der Waals surface area contributed by atoms with Gasteiger partial charge in [0, 0.05) is 6.54 Å². The van der Waals surface area contributed by atoms with Crippen molar-refractivity contribution in [2.24, 2.45) is 11.7 Å². The van der Waals surface area contributed by atoms with Crippen molar-refractivity contribution in [3.63, 3.8) is 0 Å². The van der Waals surface area contributed by atoms with Gasteiger partial charge in [0.05, 0.1) is 12.1 Å². The molecule has 1 heterocycles. The van der Waals surface area contributed by atoms with Crippen molar-refractivity contribution in [2.45, 2.75) is 65.6 Å². The highest BCUT2D eigenvalue weighted by Gasteiger charge is 2.37. The summed E-state index contributed by atoms with van der Waals surface area (Å²) in [6, 6.07) is 6.81. The number of rotatable bonds is 8. The molecular formula is C26H39N3O2. The fourth-order valence-corrected chi connectivity index (χ4v) is 3.55. The first-order valence-corrected chi connectivity index (χ1v) is 11.2. The van der Waals surface area contributed by atoms with Gasteiger partial charge in [0.2, 0.25) is 11.8 Å². The van der Waals surface area contributed by atoms with Gasteiger partial charge in [0.15, 0.2) is 0 Å². The van der Waals surface area contributed by atoms with Crippen molar-refractivity contribution in [2.75, 3.05) is 6.54 Å². The molecule has 5 nitrogen and oxygen atoms in total. The third kappa shape index (κ3) is 6.93. The minimum absolute atomic E-state index is 0.0415. The number of allylic oxidation sites excluding steroid dienone is 4. The van der Waals surface area contributed by atoms with Crippen LogP contribution in [0.1, 0.15) is 64.6 Å². The average Bonchev–Trinajstić information content (AvgIpc) is 3.28. The van der Waals surface area contributed by atoms with Crippen LogP contribution in [0.2, 0.25) is 0 Å². The van der Waals surface area contributed by atoms with E-state index < -0.39 is 12.1 Å². The zero-order valence-corrected chi connectivity index (χ0v) is 19.7. The second kappa shape index (κ2) is 12.9. The Balaban J connectivity index is 0.00000233. The number of carbonyl (C=O) groups excluding carboxylic acids is 2. The smallest absolute Gasteiger partial charge is 0.243 e. The zero-order valence-electron chi connectivity index (χ0n) is 19.7. The minimum Gasteiger partial charge on any atom is -0.348 e. The predicted octanol–water partition coefficient (Wildman–Crippen LogP) is 4.62. The van der Waals surface area contributed by atoms with E-state index >= 15 is 0 Å². The zero-order chi connectivity index (χ0) is 23.6. The van der Waals surface area contributed by atoms with E-state index in [1.807, 2.05) is 65.0 Å². The van der Waals surface area contributed by atoms with E-state index in [-0.39, 0.29) is 23.8 Å². The first-order valence-electron chi connectivity index (χ1n) is 11.2. The molecule has 1 aliphatic rings. The monoisotopic (exact) mass is 425 g/mol. The van der Waals surface area contributed by atoms with E-state index in [1.54, 1.807) is 17.1 Å². The number of benzene rings is 1. The molecule has 2 amide bonds. The maximum atomic E-state index is 12.9. The number of nitrogens with one attached hydrogen (secondary N) is 1. The Bertz CT molecular complexity index is 780. The van der Waals surface area contributed by atoms with Crippen LogP contribution in [0.15, 0.2) is 55.7 Å². The molecule has 1 saturated heterocycles. The SMILES string of the molecule is C=C/C=C(\C=C)c1ccc(C(C)NC(=O)C2CCCN2C(=O)C(N)C(C)C)cc1.CC. The van der Waals surface area contributed by atoms with Crippen LogP contribution in [-0.2, 0) is 9.59 Å². The van der Waals surface area contributed by atoms with E-state index in [2.05, 4.69) is 18.5 Å². The number of hydrogen-bond donors (Lipinski definition) is 2. The number of nitrogens with zero attached hydrogens (tertiary/aromatic N) is 1. The molecule has 1 aromatic carbocycles. The quantitative estimate of drug-likeness (QED) is 0.597. The Hall–Kier alpha value is -2.66. The fourth-order valence-electron chi connectivity index (χ4n) is 3.55. The van der Waals surface area contributed by atoms with Crippen molar-refractivity contribution in [1.82, 2.24) is 10.2 Å². The molecule has 3 unspecified atom stereocenters. The lowest BCUT2D eigenvalue weighted by Crippen LogP contribution is -2.52. The summed E-state index contributed by atoms with van der Waals surface area (Å²) >= 11 is 0. The lowest BCUT2D eigenvalue weighted by Gasteiger charge is -2.29. The van der Waals surface area contributed by atoms with Crippen LogP contribution in [0.5, 0.6) is 0 Å². The van der Waals surface area contributed by atoms with Crippen molar-refractivity contribution >= 4 is 17.4 Å². The Morgan fingerprint density at radius 1 is 1.16 bits per heavy atom. The summed E-state index contributed by atoms with van der Waals surface area (Å²) in [6.45, 7) is 17.9. The van der Waals surface area contributed by atoms with Crippen LogP contribution >= 0.6 is 0 Å². The van der Waals surface area contributed by atoms with Gasteiger partial charge < -0.3 is 16.0 Å². The van der Waals surface area contributed by atoms with Crippen LogP contribution in [0.3, 0.4) is 0 Å². The molecule has 3 atom stereocenters. The van der Waals surface area contributed by atoms with Crippen molar-refractivity contribution in [1.29, 1.82) is 0 Å². The van der Waals surface area contributed by atoms with Gasteiger partial charge in [-0.1, -0.05) is 83.3 Å². The molecule has 170 valence electrons. The van der Waals surface area contributed by atoms with Gasteiger partial charge in [0.1, 0.15) is 6.04 Å². The van der Waals surface area contributed by atoms with E-state index in [1.165, 1.54) is 0 Å². The van der Waals surface area contributed by atoms with Crippen LogP contribution in [0, 0.1) is 5.92 Å². The molecule has 5 heteroatoms. The van der Waals surface area contributed by atoms with Crippen LogP contribution in [0.4, 0.5) is 0 Å². The number of carbonyl (C=O) groups is 2. The third-order valence-electron chi connectivity index (χ3n) is 5.46. The molecule has 0 aromatic heterocycles. The molecule has 0 aliphatic carbocycles. The molecule has 3 N–H and O–H groups in total. The lowest BCUT2D eigenvalue weighted by molar-refractivity contribution is -0.140. The summed E-state index contributed by atoms with van der Waals surface area (Å²) < 4.78 is 0. The molecule has 2 rings (SSSR count). The fraction of sp³-hybridized carbons (Fsp3) is 0.462. The molecular weight excluding hydrogens is 386 g/mol. The summed E-state index contributed by atoms with van der Waals surface area (Å²) in [5, 5.41) is 3.05. The van der Waals surface area contributed by atoms with E-state index in [0.717, 1.165) is 23.1 Å². The Kier molecular flexibility index (Phi) is 11.0. The molecule has 1 fully saturated rings. The first-order chi connectivity index (χ1) is 14.8. The van der Waals surface area contributed by atoms with Gasteiger partial charge in [-0.05, 0) is 42.4 Å². The summed E-state index contributed by atoms with van der Waals surface area (Å²) in [5.74, 6) is -0.220. The standard InChI is InChI=1S/C24H33N3O2.C2H6/c1-6-9-18(7-2)20-13-11-19(12-14-20)17(5)26-23(28)21-10-8-15-27(21)24(29)22(25)16(3)4;1-2/h6-7,9,11-14,16-17,21-22H,1-2,8,10,15,25H2,3-5H3,(H,26,28);1-2H3/b18-9+;. The molecule has 0 saturated carbocycles. The Morgan fingerprint density at radius 2 is 1.77 bits per heavy atom. The highest BCUT2D eigenvalue weighted by Crippen LogP contribution is 2.23. The second-order valence-electron chi connectivity index (χ2n) is 7.87. The third-order valence-corrected chi connectivity index (χ3v) is 5.46. The highest BCUT2D eigenvalue weighted by molar-refractivity contribution is 5.90. The van der Waals surface area contributed by atoms with Crippen LogP contribution < -0.4 is 11.1 Å². The lowest BCUT2D eigenvalue weighted by atomic mass is 10.0. The van der Waals surface area contributed by atoms with Crippen molar-refractivity contribution < 1.29 is 9.59 Å². The minimum atomic E-state index is -0.573. The van der Waals surface area contributed by atoms with E-state index in [0.29, 0.717) is 13.0 Å². The van der Waals surface area contributed by atoms with Crippen LogP contribution in [0.25, 0.3) is 5.57 Å². The van der Waals surface area contributed by atoms with Gasteiger partial charge in [0.25, 0.3) is 0 Å². The van der Waals surface area contributed by atoms with Crippen LogP contribution in [-0.4, -0.2) is 35.3 Å². The maximum Gasteiger partial charge on any atom is 0.243 e. The topological polar surface area (TPSA) is 75.4 Å². The van der Waals surface area contributed by atoms with Gasteiger partial charge in [-0.2, -0.15) is 0 Å². The molecule has 1 aliphatic heterocycles. The number of hydrogen-bond acceptors (Lipinski definition) is 3. The van der Waals surface area contributed by atoms with Gasteiger partial charge in [-0.25, -0.2) is 0 Å². The van der Waals surface area contributed by atoms with E-state index in [9.17, 15) is 9.59 Å². The molecule has 0 bridgehead atoms. The van der Waals surface area contributed by atoms with Crippen molar-refractivity contribution in [3.05, 3.63) is 66.8 Å². The number of likely N-dealkylation sites (tertiary alicyclic amines) is 1. The second-order valence-corrected chi connectivity index (χ2v) is 7.87. The summed E-state index contributed by atoms with van der Waals surface area (Å²) in [5.41, 5.74) is 9.05. The van der Waals surface area contributed by atoms with Gasteiger partial charge in [-0.3, -0.25) is 9.59 Å². The first kappa shape index (κ1) is 26.4. The van der Waals surface area contributed by atoms with Crippen molar-refractivity contribution in [3.8, 4) is 0 Å². The van der Waals surface area contributed by atoms with E-state index in [4.69, 9.17) is 5.73 Å². The number of amides is 2. The maximum absolute atomic E-state index is 12.9. The molecule has 0 radical (unpaired) electrons. The summed E-state index contributed by atoms with van der Waals surface area (Å²) in [4.78, 5) is 27.1. The number of nitrogens with two attached hydrogens (primary N) is 1. The van der Waals surface area contributed by atoms with Gasteiger partial charge >= 0.3 is 0 Å². The largest absolute Gasteiger partial charge is 0.348 e. The summed E-state index contributed by atoms with van der Waals surface area (Å²) in [7, 11) is 0. The normalized spacial score (nSPS) is 18.0. The average molecular weight is 426 g/mol.